The molecule has 214 valence electrons. The lowest BCUT2D eigenvalue weighted by atomic mass is 10.0. The molecule has 39 heavy (non-hydrogen) atoms. The van der Waals surface area contributed by atoms with E-state index in [0.717, 1.165) is 17.4 Å². The van der Waals surface area contributed by atoms with Gasteiger partial charge >= 0.3 is 0 Å². The molecule has 0 radical (unpaired) electrons. The van der Waals surface area contributed by atoms with E-state index < -0.39 is 21.6 Å². The highest BCUT2D eigenvalue weighted by Gasteiger charge is 2.31. The maximum Gasteiger partial charge on any atom is 0.243 e. The molecule has 1 atom stereocenters. The van der Waals surface area contributed by atoms with Gasteiger partial charge in [0.15, 0.2) is 11.5 Å². The molecule has 2 aromatic rings. The molecule has 2 aromatic carbocycles. The van der Waals surface area contributed by atoms with E-state index in [2.05, 4.69) is 5.32 Å². The van der Waals surface area contributed by atoms with Gasteiger partial charge < -0.3 is 19.7 Å². The van der Waals surface area contributed by atoms with Gasteiger partial charge in [0.05, 0.1) is 11.9 Å². The Kier molecular flexibility index (Phi) is 9.88. The first-order valence-corrected chi connectivity index (χ1v) is 15.2. The fourth-order valence-corrected chi connectivity index (χ4v) is 5.41. The van der Waals surface area contributed by atoms with Crippen LogP contribution in [0.5, 0.6) is 11.5 Å². The number of carbonyl (C=O) groups is 2. The van der Waals surface area contributed by atoms with Crippen LogP contribution in [0.3, 0.4) is 0 Å². The monoisotopic (exact) mass is 559 g/mol. The minimum atomic E-state index is -3.62. The number of carbonyl (C=O) groups excluding carboxylic acids is 2. The van der Waals surface area contributed by atoms with Crippen LogP contribution in [0, 0.1) is 6.92 Å². The van der Waals surface area contributed by atoms with Crippen LogP contribution in [0.4, 0.5) is 5.69 Å². The number of sulfonamides is 1. The summed E-state index contributed by atoms with van der Waals surface area (Å²) in [5.74, 6) is 0.643. The number of benzene rings is 2. The Labute approximate surface area is 232 Å². The molecule has 1 aliphatic heterocycles. The second kappa shape index (κ2) is 12.7. The zero-order chi connectivity index (χ0) is 28.8. The average Bonchev–Trinajstić information content (AvgIpc) is 2.85. The van der Waals surface area contributed by atoms with Crippen molar-refractivity contribution in [1.29, 1.82) is 0 Å². The van der Waals surface area contributed by atoms with Crippen LogP contribution in [-0.2, 0) is 26.2 Å². The first-order valence-electron chi connectivity index (χ1n) is 13.3. The molecule has 0 aromatic heterocycles. The predicted molar refractivity (Wildman–Crippen MR) is 153 cm³/mol. The first kappa shape index (κ1) is 30.3. The molecular weight excluding hydrogens is 518 g/mol. The molecule has 0 saturated carbocycles. The molecule has 1 aliphatic rings. The first-order chi connectivity index (χ1) is 18.3. The summed E-state index contributed by atoms with van der Waals surface area (Å²) in [5, 5.41) is 3.00. The number of fused-ring (bicyclic) bond motifs is 1. The van der Waals surface area contributed by atoms with E-state index in [1.54, 1.807) is 23.1 Å². The number of anilines is 1. The average molecular weight is 560 g/mol. The van der Waals surface area contributed by atoms with Gasteiger partial charge in [0.25, 0.3) is 0 Å². The number of hydrogen-bond donors (Lipinski definition) is 1. The van der Waals surface area contributed by atoms with Crippen molar-refractivity contribution < 1.29 is 27.5 Å². The van der Waals surface area contributed by atoms with Crippen molar-refractivity contribution in [2.75, 3.05) is 30.3 Å². The van der Waals surface area contributed by atoms with Crippen molar-refractivity contribution in [3.05, 3.63) is 53.6 Å². The summed E-state index contributed by atoms with van der Waals surface area (Å²) in [4.78, 5) is 28.4. The van der Waals surface area contributed by atoms with Gasteiger partial charge in [-0.25, -0.2) is 8.42 Å². The zero-order valence-electron chi connectivity index (χ0n) is 23.8. The largest absolute Gasteiger partial charge is 0.486 e. The fraction of sp³-hybridized carbons (Fsp3) is 0.517. The summed E-state index contributed by atoms with van der Waals surface area (Å²) in [6, 6.07) is 12.2. The third-order valence-corrected chi connectivity index (χ3v) is 7.52. The Morgan fingerprint density at radius 2 is 1.67 bits per heavy atom. The lowest BCUT2D eigenvalue weighted by Gasteiger charge is -2.33. The van der Waals surface area contributed by atoms with Crippen molar-refractivity contribution in [1.82, 2.24) is 10.2 Å². The quantitative estimate of drug-likeness (QED) is 0.446. The van der Waals surface area contributed by atoms with Crippen molar-refractivity contribution >= 4 is 27.5 Å². The number of nitrogens with one attached hydrogen (secondary N) is 1. The zero-order valence-corrected chi connectivity index (χ0v) is 24.6. The Hall–Kier alpha value is -3.27. The Morgan fingerprint density at radius 1 is 1.03 bits per heavy atom. The van der Waals surface area contributed by atoms with Crippen LogP contribution in [0.2, 0.25) is 0 Å². The number of rotatable bonds is 11. The third-order valence-electron chi connectivity index (χ3n) is 6.32. The number of aryl methyl sites for hydroxylation is 1. The molecule has 10 heteroatoms. The van der Waals surface area contributed by atoms with E-state index in [9.17, 15) is 18.0 Å². The Morgan fingerprint density at radius 3 is 2.26 bits per heavy atom. The van der Waals surface area contributed by atoms with Crippen LogP contribution in [-0.4, -0.2) is 62.7 Å². The van der Waals surface area contributed by atoms with Gasteiger partial charge in [0, 0.05) is 31.1 Å². The van der Waals surface area contributed by atoms with Crippen molar-refractivity contribution in [3.8, 4) is 11.5 Å². The maximum absolute atomic E-state index is 13.6. The van der Waals surface area contributed by atoms with Gasteiger partial charge in [-0.15, -0.1) is 0 Å². The van der Waals surface area contributed by atoms with Crippen molar-refractivity contribution in [2.45, 2.75) is 72.0 Å². The molecule has 0 bridgehead atoms. The molecule has 3 rings (SSSR count). The topological polar surface area (TPSA) is 105 Å². The SMILES string of the molecule is CCC(C(=O)NC(C)(C)C)N(Cc1ccc(C)cc1)C(=O)CCCN(c1ccc2c(c1)OCCO2)S(C)(=O)=O. The highest BCUT2D eigenvalue weighted by Crippen LogP contribution is 2.34. The van der Waals surface area contributed by atoms with Crippen LogP contribution in [0.15, 0.2) is 42.5 Å². The normalized spacial score (nSPS) is 13.9. The summed E-state index contributed by atoms with van der Waals surface area (Å²) in [5.41, 5.74) is 2.03. The summed E-state index contributed by atoms with van der Waals surface area (Å²) in [6.07, 6.45) is 1.95. The third kappa shape index (κ3) is 8.61. The molecule has 9 nitrogen and oxygen atoms in total. The van der Waals surface area contributed by atoms with E-state index in [1.165, 1.54) is 4.31 Å². The lowest BCUT2D eigenvalue weighted by Crippen LogP contribution is -2.53. The van der Waals surface area contributed by atoms with Gasteiger partial charge in [-0.2, -0.15) is 0 Å². The second-order valence-corrected chi connectivity index (χ2v) is 12.8. The highest BCUT2D eigenvalue weighted by molar-refractivity contribution is 7.92. The molecule has 0 fully saturated rings. The van der Waals surface area contributed by atoms with Crippen molar-refractivity contribution in [2.24, 2.45) is 0 Å². The van der Waals surface area contributed by atoms with Crippen LogP contribution in [0.25, 0.3) is 0 Å². The predicted octanol–water partition coefficient (Wildman–Crippen LogP) is 4.03. The van der Waals surface area contributed by atoms with Gasteiger partial charge in [0.2, 0.25) is 21.8 Å². The van der Waals surface area contributed by atoms with E-state index in [-0.39, 0.29) is 37.7 Å². The number of nitrogens with zero attached hydrogens (tertiary/aromatic N) is 2. The second-order valence-electron chi connectivity index (χ2n) is 10.9. The van der Waals surface area contributed by atoms with Gasteiger partial charge in [0.1, 0.15) is 19.3 Å². The van der Waals surface area contributed by atoms with Crippen LogP contribution in [0.1, 0.15) is 58.1 Å². The summed E-state index contributed by atoms with van der Waals surface area (Å²) in [6.45, 7) is 10.8. The number of amides is 2. The number of hydrogen-bond acceptors (Lipinski definition) is 6. The summed E-state index contributed by atoms with van der Waals surface area (Å²) >= 11 is 0. The van der Waals surface area contributed by atoms with E-state index in [4.69, 9.17) is 9.47 Å². The Bertz CT molecular complexity index is 1250. The lowest BCUT2D eigenvalue weighted by molar-refractivity contribution is -0.142. The molecule has 0 aliphatic carbocycles. The summed E-state index contributed by atoms with van der Waals surface area (Å²) in [7, 11) is -3.62. The highest BCUT2D eigenvalue weighted by atomic mass is 32.2. The van der Waals surface area contributed by atoms with Gasteiger partial charge in [-0.1, -0.05) is 36.8 Å². The minimum Gasteiger partial charge on any atom is -0.486 e. The fourth-order valence-electron chi connectivity index (χ4n) is 4.45. The molecular formula is C29H41N3O6S. The molecule has 0 saturated heterocycles. The minimum absolute atomic E-state index is 0.0851. The van der Waals surface area contributed by atoms with Gasteiger partial charge in [-0.3, -0.25) is 13.9 Å². The van der Waals surface area contributed by atoms with Crippen molar-refractivity contribution in [3.63, 3.8) is 0 Å². The molecule has 1 heterocycles. The van der Waals surface area contributed by atoms with Gasteiger partial charge in [-0.05, 0) is 58.2 Å². The summed E-state index contributed by atoms with van der Waals surface area (Å²) < 4.78 is 37.8. The van der Waals surface area contributed by atoms with E-state index in [1.807, 2.05) is 58.9 Å². The standard InChI is InChI=1S/C29H41N3O6S/c1-7-24(28(34)30-29(3,4)5)31(20-22-12-10-21(2)11-13-22)27(33)9-8-16-32(39(6,35)36)23-14-15-25-26(19-23)38-18-17-37-25/h10-15,19,24H,7-9,16-18,20H2,1-6H3,(H,30,34). The van der Waals surface area contributed by atoms with E-state index >= 15 is 0 Å². The van der Waals surface area contributed by atoms with E-state index in [0.29, 0.717) is 36.8 Å². The smallest absolute Gasteiger partial charge is 0.243 e. The van der Waals surface area contributed by atoms with Crippen LogP contribution >= 0.6 is 0 Å². The number of ether oxygens (including phenoxy) is 2. The Balaban J connectivity index is 1.78. The molecule has 0 spiro atoms. The maximum atomic E-state index is 13.6. The van der Waals surface area contributed by atoms with Crippen LogP contribution < -0.4 is 19.1 Å². The molecule has 1 unspecified atom stereocenters. The molecule has 1 N–H and O–H groups in total. The molecule has 2 amide bonds.